The van der Waals surface area contributed by atoms with Gasteiger partial charge in [0.1, 0.15) is 23.6 Å². The monoisotopic (exact) mass is 412 g/mol. The zero-order valence-electron chi connectivity index (χ0n) is 18.1. The van der Waals surface area contributed by atoms with E-state index in [2.05, 4.69) is 58.0 Å². The van der Waals surface area contributed by atoms with Gasteiger partial charge in [-0.3, -0.25) is 0 Å². The Balaban J connectivity index is 1.84. The molecule has 0 N–H and O–H groups in total. The molecule has 1 fully saturated rings. The molecule has 1 atom stereocenters. The van der Waals surface area contributed by atoms with E-state index in [-0.39, 0.29) is 20.1 Å². The SMILES string of the molecule is CC(C)Oc1cccc(OC(C)C)c1-c1cccc2c1P(C1CCCCC1)CO2. The third kappa shape index (κ3) is 4.40. The van der Waals surface area contributed by atoms with Gasteiger partial charge in [-0.25, -0.2) is 0 Å². The molecule has 0 spiro atoms. The van der Waals surface area contributed by atoms with Crippen LogP contribution in [0.25, 0.3) is 11.1 Å². The fraction of sp³-hybridized carbons (Fsp3) is 0.520. The summed E-state index contributed by atoms with van der Waals surface area (Å²) >= 11 is 0. The fourth-order valence-electron chi connectivity index (χ4n) is 4.50. The predicted molar refractivity (Wildman–Crippen MR) is 122 cm³/mol. The minimum absolute atomic E-state index is 0.107. The van der Waals surface area contributed by atoms with E-state index >= 15 is 0 Å². The van der Waals surface area contributed by atoms with Crippen molar-refractivity contribution in [3.8, 4) is 28.4 Å². The van der Waals surface area contributed by atoms with Gasteiger partial charge in [-0.05, 0) is 72.3 Å². The summed E-state index contributed by atoms with van der Waals surface area (Å²) in [6, 6.07) is 12.7. The van der Waals surface area contributed by atoms with Crippen LogP contribution < -0.4 is 19.5 Å². The molecule has 4 rings (SSSR count). The molecular formula is C25H33O3P. The highest BCUT2D eigenvalue weighted by atomic mass is 31.1. The maximum atomic E-state index is 6.25. The van der Waals surface area contributed by atoms with Gasteiger partial charge in [0.2, 0.25) is 0 Å². The number of benzene rings is 2. The smallest absolute Gasteiger partial charge is 0.131 e. The molecule has 0 amide bonds. The van der Waals surface area contributed by atoms with Gasteiger partial charge >= 0.3 is 0 Å². The van der Waals surface area contributed by atoms with Crippen LogP contribution in [0.2, 0.25) is 0 Å². The van der Waals surface area contributed by atoms with Crippen molar-refractivity contribution in [3.05, 3.63) is 36.4 Å². The molecular weight excluding hydrogens is 379 g/mol. The van der Waals surface area contributed by atoms with E-state index in [9.17, 15) is 0 Å². The van der Waals surface area contributed by atoms with Crippen molar-refractivity contribution in [3.63, 3.8) is 0 Å². The highest BCUT2D eigenvalue weighted by Crippen LogP contribution is 2.55. The van der Waals surface area contributed by atoms with Crippen LogP contribution in [-0.4, -0.2) is 24.2 Å². The lowest BCUT2D eigenvalue weighted by Gasteiger charge is -2.28. The first-order chi connectivity index (χ1) is 14.0. The molecule has 4 heteroatoms. The lowest BCUT2D eigenvalue weighted by molar-refractivity contribution is 0.231. The van der Waals surface area contributed by atoms with Gasteiger partial charge in [0.05, 0.1) is 17.8 Å². The van der Waals surface area contributed by atoms with E-state index in [0.29, 0.717) is 0 Å². The van der Waals surface area contributed by atoms with Crippen LogP contribution in [0, 0.1) is 0 Å². The quantitative estimate of drug-likeness (QED) is 0.493. The van der Waals surface area contributed by atoms with Crippen LogP contribution in [0.1, 0.15) is 59.8 Å². The Morgan fingerprint density at radius 1 is 0.862 bits per heavy atom. The van der Waals surface area contributed by atoms with Crippen LogP contribution in [0.15, 0.2) is 36.4 Å². The van der Waals surface area contributed by atoms with Gasteiger partial charge in [0, 0.05) is 10.9 Å². The Bertz CT molecular complexity index is 812. The number of ether oxygens (including phenoxy) is 3. The molecule has 1 unspecified atom stereocenters. The number of hydrogen-bond donors (Lipinski definition) is 0. The van der Waals surface area contributed by atoms with Gasteiger partial charge in [-0.15, -0.1) is 0 Å². The van der Waals surface area contributed by atoms with Crippen molar-refractivity contribution >= 4 is 13.2 Å². The van der Waals surface area contributed by atoms with E-state index in [1.54, 1.807) is 0 Å². The summed E-state index contributed by atoms with van der Waals surface area (Å²) in [7, 11) is -0.322. The highest BCUT2D eigenvalue weighted by Gasteiger charge is 2.35. The molecule has 29 heavy (non-hydrogen) atoms. The summed E-state index contributed by atoms with van der Waals surface area (Å²) in [6.07, 6.45) is 7.84. The fourth-order valence-corrected chi connectivity index (χ4v) is 7.39. The van der Waals surface area contributed by atoms with Gasteiger partial charge in [0.15, 0.2) is 0 Å². The molecule has 3 nitrogen and oxygen atoms in total. The number of hydrogen-bond acceptors (Lipinski definition) is 3. The molecule has 0 aromatic heterocycles. The van der Waals surface area contributed by atoms with Crippen LogP contribution in [-0.2, 0) is 0 Å². The predicted octanol–water partition coefficient (Wildman–Crippen LogP) is 6.72. The summed E-state index contributed by atoms with van der Waals surface area (Å²) in [5.41, 5.74) is 3.10. The lowest BCUT2D eigenvalue weighted by Crippen LogP contribution is -2.18. The molecule has 2 aromatic carbocycles. The summed E-state index contributed by atoms with van der Waals surface area (Å²) < 4.78 is 18.7. The molecule has 0 bridgehead atoms. The third-order valence-corrected chi connectivity index (χ3v) is 8.48. The topological polar surface area (TPSA) is 27.7 Å². The summed E-state index contributed by atoms with van der Waals surface area (Å²) in [4.78, 5) is 0. The van der Waals surface area contributed by atoms with Gasteiger partial charge in [0.25, 0.3) is 0 Å². The molecule has 0 saturated heterocycles. The minimum atomic E-state index is -0.322. The molecule has 0 radical (unpaired) electrons. The van der Waals surface area contributed by atoms with Crippen molar-refractivity contribution in [2.24, 2.45) is 0 Å². The first-order valence-electron chi connectivity index (χ1n) is 11.0. The largest absolute Gasteiger partial charge is 0.490 e. The van der Waals surface area contributed by atoms with Gasteiger partial charge in [-0.1, -0.05) is 37.5 Å². The van der Waals surface area contributed by atoms with Crippen LogP contribution in [0.5, 0.6) is 17.2 Å². The average molecular weight is 413 g/mol. The summed E-state index contributed by atoms with van der Waals surface area (Å²) in [5, 5.41) is 1.42. The van der Waals surface area contributed by atoms with Crippen LogP contribution >= 0.6 is 7.92 Å². The van der Waals surface area contributed by atoms with Gasteiger partial charge in [-0.2, -0.15) is 0 Å². The van der Waals surface area contributed by atoms with Crippen molar-refractivity contribution < 1.29 is 14.2 Å². The second-order valence-electron chi connectivity index (χ2n) is 8.65. The van der Waals surface area contributed by atoms with E-state index in [1.165, 1.54) is 43.0 Å². The first kappa shape index (κ1) is 20.5. The summed E-state index contributed by atoms with van der Waals surface area (Å²) in [5.74, 6) is 2.86. The average Bonchev–Trinajstić information content (AvgIpc) is 3.12. The first-order valence-corrected chi connectivity index (χ1v) is 12.6. The molecule has 1 aliphatic heterocycles. The van der Waals surface area contributed by atoms with E-state index in [4.69, 9.17) is 14.2 Å². The standard InChI is InChI=1S/C25H33O3P/c1-17(2)27-21-13-9-14-22(28-18(3)4)24(21)20-12-8-15-23-25(20)29(16-26-23)19-10-6-5-7-11-19/h8-9,12-15,17-19H,5-7,10-11,16H2,1-4H3. The zero-order chi connectivity index (χ0) is 20.4. The molecule has 2 aromatic rings. The third-order valence-electron chi connectivity index (χ3n) is 5.64. The molecule has 1 aliphatic carbocycles. The van der Waals surface area contributed by atoms with Crippen LogP contribution in [0.4, 0.5) is 0 Å². The Morgan fingerprint density at radius 3 is 2.10 bits per heavy atom. The number of rotatable bonds is 6. The maximum Gasteiger partial charge on any atom is 0.131 e. The van der Waals surface area contributed by atoms with Crippen LogP contribution in [0.3, 0.4) is 0 Å². The molecule has 2 aliphatic rings. The summed E-state index contributed by atoms with van der Waals surface area (Å²) in [6.45, 7) is 8.31. The lowest BCUT2D eigenvalue weighted by atomic mass is 10.0. The van der Waals surface area contributed by atoms with Crippen molar-refractivity contribution in [2.75, 3.05) is 6.35 Å². The Morgan fingerprint density at radius 2 is 1.48 bits per heavy atom. The highest BCUT2D eigenvalue weighted by molar-refractivity contribution is 7.67. The van der Waals surface area contributed by atoms with Crippen molar-refractivity contribution in [1.29, 1.82) is 0 Å². The Hall–Kier alpha value is -1.73. The minimum Gasteiger partial charge on any atom is -0.490 e. The van der Waals surface area contributed by atoms with Crippen molar-refractivity contribution in [2.45, 2.75) is 77.7 Å². The Kier molecular flexibility index (Phi) is 6.35. The van der Waals surface area contributed by atoms with Crippen molar-refractivity contribution in [1.82, 2.24) is 0 Å². The second-order valence-corrected chi connectivity index (χ2v) is 11.0. The second kappa shape index (κ2) is 8.96. The molecule has 1 saturated carbocycles. The zero-order valence-corrected chi connectivity index (χ0v) is 19.0. The number of fused-ring (bicyclic) bond motifs is 1. The maximum absolute atomic E-state index is 6.25. The van der Waals surface area contributed by atoms with E-state index < -0.39 is 0 Å². The van der Waals surface area contributed by atoms with Gasteiger partial charge < -0.3 is 14.2 Å². The van der Waals surface area contributed by atoms with E-state index in [1.807, 2.05) is 6.07 Å². The van der Waals surface area contributed by atoms with E-state index in [0.717, 1.165) is 34.8 Å². The Labute approximate surface area is 176 Å². The molecule has 1 heterocycles. The molecule has 156 valence electrons. The normalized spacial score (nSPS) is 19.3.